The van der Waals surface area contributed by atoms with Crippen LogP contribution in [0.2, 0.25) is 0 Å². The summed E-state index contributed by atoms with van der Waals surface area (Å²) in [5.74, 6) is -3.48. The molecular formula is C6H9F3O2. The lowest BCUT2D eigenvalue weighted by atomic mass is 10.1. The van der Waals surface area contributed by atoms with Gasteiger partial charge in [-0.05, 0) is 12.8 Å². The van der Waals surface area contributed by atoms with E-state index in [0.717, 1.165) is 0 Å². The lowest BCUT2D eigenvalue weighted by Gasteiger charge is -2.23. The lowest BCUT2D eigenvalue weighted by Crippen LogP contribution is -2.44. The quantitative estimate of drug-likeness (QED) is 0.672. The van der Waals surface area contributed by atoms with Crippen LogP contribution in [0.4, 0.5) is 13.2 Å². The molecule has 5 heteroatoms. The van der Waals surface area contributed by atoms with Crippen molar-refractivity contribution in [3.63, 3.8) is 0 Å². The maximum absolute atomic E-state index is 12.6. The number of halogens is 3. The second-order valence-electron chi connectivity index (χ2n) is 2.53. The lowest BCUT2D eigenvalue weighted by molar-refractivity contribution is -0.241. The largest absolute Gasteiger partial charge is 0.372 e. The maximum atomic E-state index is 12.6. The van der Waals surface area contributed by atoms with Gasteiger partial charge in [0.15, 0.2) is 0 Å². The van der Waals surface area contributed by atoms with E-state index in [0.29, 0.717) is 6.42 Å². The summed E-state index contributed by atoms with van der Waals surface area (Å²) < 4.78 is 40.7. The molecule has 2 unspecified atom stereocenters. The molecule has 1 fully saturated rings. The standard InChI is InChI=1S/C6H9F3O2/c7-5(8)6(9,10)4-2-1-3-11-4/h4-5,10H,1-3H2. The molecule has 1 rings (SSSR count). The molecule has 1 heterocycles. The first-order chi connectivity index (χ1) is 5.05. The molecule has 0 aromatic rings. The summed E-state index contributed by atoms with van der Waals surface area (Å²) >= 11 is 0. The highest BCUT2D eigenvalue weighted by Gasteiger charge is 2.48. The normalized spacial score (nSPS) is 30.8. The van der Waals surface area contributed by atoms with Crippen LogP contribution in [-0.2, 0) is 4.74 Å². The topological polar surface area (TPSA) is 29.5 Å². The maximum Gasteiger partial charge on any atom is 0.298 e. The van der Waals surface area contributed by atoms with E-state index in [9.17, 15) is 13.2 Å². The molecule has 0 aliphatic carbocycles. The number of rotatable bonds is 2. The summed E-state index contributed by atoms with van der Waals surface area (Å²) in [7, 11) is 0. The third-order valence-corrected chi connectivity index (χ3v) is 1.69. The fourth-order valence-corrected chi connectivity index (χ4v) is 1.04. The molecular weight excluding hydrogens is 161 g/mol. The predicted octanol–water partition coefficient (Wildman–Crippen LogP) is 1.09. The van der Waals surface area contributed by atoms with Gasteiger partial charge < -0.3 is 9.84 Å². The van der Waals surface area contributed by atoms with E-state index in [1.807, 2.05) is 0 Å². The van der Waals surface area contributed by atoms with Crippen LogP contribution in [0.25, 0.3) is 0 Å². The van der Waals surface area contributed by atoms with Crippen molar-refractivity contribution in [3.8, 4) is 0 Å². The number of hydrogen-bond donors (Lipinski definition) is 1. The molecule has 2 nitrogen and oxygen atoms in total. The average Bonchev–Trinajstić information content (AvgIpc) is 2.37. The van der Waals surface area contributed by atoms with Gasteiger partial charge in [-0.25, -0.2) is 13.2 Å². The highest BCUT2D eigenvalue weighted by molar-refractivity contribution is 4.82. The van der Waals surface area contributed by atoms with Crippen molar-refractivity contribution in [3.05, 3.63) is 0 Å². The number of hydrogen-bond acceptors (Lipinski definition) is 2. The van der Waals surface area contributed by atoms with Crippen LogP contribution in [0.3, 0.4) is 0 Å². The molecule has 0 amide bonds. The highest BCUT2D eigenvalue weighted by Crippen LogP contribution is 2.30. The Bertz CT molecular complexity index is 132. The Hall–Kier alpha value is -0.290. The molecule has 0 aromatic carbocycles. The van der Waals surface area contributed by atoms with Gasteiger partial charge >= 0.3 is 0 Å². The van der Waals surface area contributed by atoms with Crippen LogP contribution >= 0.6 is 0 Å². The van der Waals surface area contributed by atoms with Gasteiger partial charge in [-0.2, -0.15) is 0 Å². The minimum atomic E-state index is -3.48. The minimum Gasteiger partial charge on any atom is -0.372 e. The van der Waals surface area contributed by atoms with E-state index in [1.165, 1.54) is 0 Å². The predicted molar refractivity (Wildman–Crippen MR) is 31.0 cm³/mol. The van der Waals surface area contributed by atoms with E-state index >= 15 is 0 Å². The van der Waals surface area contributed by atoms with Crippen LogP contribution in [0.1, 0.15) is 12.8 Å². The van der Waals surface area contributed by atoms with E-state index < -0.39 is 18.4 Å². The molecule has 0 radical (unpaired) electrons. The molecule has 1 N–H and O–H groups in total. The average molecular weight is 170 g/mol. The molecule has 0 spiro atoms. The van der Waals surface area contributed by atoms with Crippen molar-refractivity contribution in [2.75, 3.05) is 6.61 Å². The first-order valence-corrected chi connectivity index (χ1v) is 3.36. The molecule has 1 aliphatic rings. The fraction of sp³-hybridized carbons (Fsp3) is 1.00. The fourth-order valence-electron chi connectivity index (χ4n) is 1.04. The van der Waals surface area contributed by atoms with Crippen molar-refractivity contribution in [1.29, 1.82) is 0 Å². The molecule has 0 aromatic heterocycles. The smallest absolute Gasteiger partial charge is 0.298 e. The molecule has 0 saturated carbocycles. The minimum absolute atomic E-state index is 0.150. The molecule has 11 heavy (non-hydrogen) atoms. The Morgan fingerprint density at radius 2 is 2.18 bits per heavy atom. The molecule has 1 saturated heterocycles. The first-order valence-electron chi connectivity index (χ1n) is 3.36. The van der Waals surface area contributed by atoms with Crippen molar-refractivity contribution >= 4 is 0 Å². The first kappa shape index (κ1) is 8.80. The third kappa shape index (κ3) is 1.65. The van der Waals surface area contributed by atoms with Crippen LogP contribution < -0.4 is 0 Å². The zero-order valence-corrected chi connectivity index (χ0v) is 5.77. The Kier molecular flexibility index (Phi) is 2.39. The molecule has 0 bridgehead atoms. The highest BCUT2D eigenvalue weighted by atomic mass is 19.3. The monoisotopic (exact) mass is 170 g/mol. The van der Waals surface area contributed by atoms with Gasteiger partial charge in [0.05, 0.1) is 0 Å². The Morgan fingerprint density at radius 3 is 2.55 bits per heavy atom. The van der Waals surface area contributed by atoms with E-state index in [4.69, 9.17) is 5.11 Å². The SMILES string of the molecule is OC(F)(C(F)F)C1CCCO1. The number of ether oxygens (including phenoxy) is 1. The second kappa shape index (κ2) is 2.98. The Balaban J connectivity index is 2.55. The number of alkyl halides is 3. The van der Waals surface area contributed by atoms with Crippen LogP contribution in [0.15, 0.2) is 0 Å². The van der Waals surface area contributed by atoms with Gasteiger partial charge in [0.1, 0.15) is 6.10 Å². The molecule has 1 aliphatic heterocycles. The van der Waals surface area contributed by atoms with Crippen molar-refractivity contribution in [2.24, 2.45) is 0 Å². The summed E-state index contributed by atoms with van der Waals surface area (Å²) in [4.78, 5) is 0. The van der Waals surface area contributed by atoms with Gasteiger partial charge in [-0.3, -0.25) is 0 Å². The van der Waals surface area contributed by atoms with Crippen LogP contribution in [0, 0.1) is 0 Å². The van der Waals surface area contributed by atoms with Crippen molar-refractivity contribution < 1.29 is 23.0 Å². The Labute approximate surface area is 62.0 Å². The van der Waals surface area contributed by atoms with Crippen LogP contribution in [-0.4, -0.2) is 30.1 Å². The zero-order valence-electron chi connectivity index (χ0n) is 5.77. The van der Waals surface area contributed by atoms with Crippen molar-refractivity contribution in [2.45, 2.75) is 31.2 Å². The summed E-state index contributed by atoms with van der Waals surface area (Å²) in [5, 5.41) is 8.55. The van der Waals surface area contributed by atoms with Gasteiger partial charge in [-0.1, -0.05) is 0 Å². The number of aliphatic hydroxyl groups is 1. The summed E-state index contributed by atoms with van der Waals surface area (Å²) in [5.41, 5.74) is 0. The van der Waals surface area contributed by atoms with Gasteiger partial charge in [-0.15, -0.1) is 0 Å². The van der Waals surface area contributed by atoms with E-state index in [1.54, 1.807) is 0 Å². The van der Waals surface area contributed by atoms with Crippen LogP contribution in [0.5, 0.6) is 0 Å². The summed E-state index contributed by atoms with van der Waals surface area (Å²) in [6, 6.07) is 0. The summed E-state index contributed by atoms with van der Waals surface area (Å²) in [6.45, 7) is 0.240. The second-order valence-corrected chi connectivity index (χ2v) is 2.53. The Morgan fingerprint density at radius 1 is 1.55 bits per heavy atom. The van der Waals surface area contributed by atoms with Gasteiger partial charge in [0, 0.05) is 6.61 Å². The molecule has 66 valence electrons. The summed E-state index contributed by atoms with van der Waals surface area (Å²) in [6.07, 6.45) is -4.09. The molecule has 2 atom stereocenters. The van der Waals surface area contributed by atoms with Crippen molar-refractivity contribution in [1.82, 2.24) is 0 Å². The van der Waals surface area contributed by atoms with E-state index in [2.05, 4.69) is 4.74 Å². The van der Waals surface area contributed by atoms with Gasteiger partial charge in [0.2, 0.25) is 0 Å². The third-order valence-electron chi connectivity index (χ3n) is 1.69. The zero-order chi connectivity index (χ0) is 8.48. The van der Waals surface area contributed by atoms with Gasteiger partial charge in [0.25, 0.3) is 12.3 Å². The van der Waals surface area contributed by atoms with E-state index in [-0.39, 0.29) is 13.0 Å².